The van der Waals surface area contributed by atoms with Crippen LogP contribution in [0.15, 0.2) is 54.6 Å². The smallest absolute Gasteiger partial charge is 0.231 e. The van der Waals surface area contributed by atoms with Crippen LogP contribution < -0.4 is 5.32 Å². The van der Waals surface area contributed by atoms with Crippen molar-refractivity contribution in [1.82, 2.24) is 0 Å². The second-order valence-electron chi connectivity index (χ2n) is 4.65. The summed E-state index contributed by atoms with van der Waals surface area (Å²) >= 11 is 0. The lowest BCUT2D eigenvalue weighted by Gasteiger charge is -2.12. The highest BCUT2D eigenvalue weighted by Gasteiger charge is 2.14. The van der Waals surface area contributed by atoms with Crippen molar-refractivity contribution in [1.29, 1.82) is 5.26 Å². The van der Waals surface area contributed by atoms with Gasteiger partial charge in [0.05, 0.1) is 18.4 Å². The van der Waals surface area contributed by atoms with Crippen LogP contribution in [0.25, 0.3) is 0 Å². The van der Waals surface area contributed by atoms with E-state index in [0.29, 0.717) is 6.42 Å². The Kier molecular flexibility index (Phi) is 4.52. The molecule has 0 aliphatic heterocycles. The van der Waals surface area contributed by atoms with E-state index in [0.717, 1.165) is 16.8 Å². The molecule has 1 unspecified atom stereocenters. The van der Waals surface area contributed by atoms with Crippen molar-refractivity contribution in [2.75, 3.05) is 5.32 Å². The van der Waals surface area contributed by atoms with Crippen molar-refractivity contribution >= 4 is 11.6 Å². The van der Waals surface area contributed by atoms with E-state index in [1.807, 2.05) is 61.5 Å². The summed E-state index contributed by atoms with van der Waals surface area (Å²) in [6, 6.07) is 19.1. The Morgan fingerprint density at radius 2 is 1.80 bits per heavy atom. The molecule has 2 rings (SSSR count). The minimum Gasteiger partial charge on any atom is -0.326 e. The molecule has 0 radical (unpaired) electrons. The monoisotopic (exact) mass is 264 g/mol. The summed E-state index contributed by atoms with van der Waals surface area (Å²) in [4.78, 5) is 12.2. The highest BCUT2D eigenvalue weighted by atomic mass is 16.1. The van der Waals surface area contributed by atoms with E-state index in [-0.39, 0.29) is 11.8 Å². The van der Waals surface area contributed by atoms with Gasteiger partial charge in [-0.3, -0.25) is 4.79 Å². The third-order valence-electron chi connectivity index (χ3n) is 3.20. The van der Waals surface area contributed by atoms with Crippen LogP contribution in [0.4, 0.5) is 5.69 Å². The normalized spacial score (nSPS) is 11.4. The lowest BCUT2D eigenvalue weighted by molar-refractivity contribution is -0.117. The van der Waals surface area contributed by atoms with Gasteiger partial charge in [-0.15, -0.1) is 0 Å². The molecule has 0 saturated carbocycles. The predicted octanol–water partition coefficient (Wildman–Crippen LogP) is 3.49. The molecule has 20 heavy (non-hydrogen) atoms. The van der Waals surface area contributed by atoms with E-state index >= 15 is 0 Å². The van der Waals surface area contributed by atoms with E-state index in [2.05, 4.69) is 11.4 Å². The van der Waals surface area contributed by atoms with E-state index in [1.165, 1.54) is 0 Å². The Hall–Kier alpha value is -2.60. The number of amides is 1. The topological polar surface area (TPSA) is 52.9 Å². The number of hydrogen-bond donors (Lipinski definition) is 1. The van der Waals surface area contributed by atoms with Crippen molar-refractivity contribution in [2.24, 2.45) is 0 Å². The summed E-state index contributed by atoms with van der Waals surface area (Å²) < 4.78 is 0. The van der Waals surface area contributed by atoms with E-state index in [1.54, 1.807) is 0 Å². The summed E-state index contributed by atoms with van der Waals surface area (Å²) in [5.74, 6) is -0.237. The largest absolute Gasteiger partial charge is 0.326 e. The fourth-order valence-electron chi connectivity index (χ4n) is 1.94. The molecule has 2 aromatic carbocycles. The first-order valence-electron chi connectivity index (χ1n) is 6.52. The molecular weight excluding hydrogens is 248 g/mol. The maximum Gasteiger partial charge on any atom is 0.231 e. The van der Waals surface area contributed by atoms with Crippen LogP contribution in [0.1, 0.15) is 24.0 Å². The Balaban J connectivity index is 2.03. The van der Waals surface area contributed by atoms with Crippen LogP contribution in [-0.2, 0) is 11.2 Å². The number of hydrogen-bond acceptors (Lipinski definition) is 2. The predicted molar refractivity (Wildman–Crippen MR) is 79.2 cm³/mol. The van der Waals surface area contributed by atoms with Gasteiger partial charge >= 0.3 is 0 Å². The summed E-state index contributed by atoms with van der Waals surface area (Å²) in [5, 5.41) is 11.5. The highest BCUT2D eigenvalue weighted by molar-refractivity contribution is 5.95. The fraction of sp³-hybridized carbons (Fsp3) is 0.176. The molecule has 3 nitrogen and oxygen atoms in total. The molecule has 1 N–H and O–H groups in total. The maximum atomic E-state index is 12.2. The first-order chi connectivity index (χ1) is 9.70. The van der Waals surface area contributed by atoms with Crippen LogP contribution in [-0.4, -0.2) is 5.91 Å². The number of rotatable bonds is 4. The zero-order chi connectivity index (χ0) is 14.4. The first-order valence-corrected chi connectivity index (χ1v) is 6.52. The molecular formula is C17H16N2O. The van der Waals surface area contributed by atoms with Crippen molar-refractivity contribution in [3.63, 3.8) is 0 Å². The summed E-state index contributed by atoms with van der Waals surface area (Å²) in [5.41, 5.74) is 2.69. The molecule has 0 aromatic heterocycles. The van der Waals surface area contributed by atoms with Gasteiger partial charge in [0.1, 0.15) is 0 Å². The number of nitrogens with one attached hydrogen (secondary N) is 1. The Morgan fingerprint density at radius 1 is 1.15 bits per heavy atom. The number of nitrogens with zero attached hydrogens (tertiary/aromatic N) is 1. The number of anilines is 1. The van der Waals surface area contributed by atoms with Crippen LogP contribution in [0.2, 0.25) is 0 Å². The Labute approximate surface area is 118 Å². The summed E-state index contributed by atoms with van der Waals surface area (Å²) in [7, 11) is 0. The van der Waals surface area contributed by atoms with Crippen LogP contribution >= 0.6 is 0 Å². The number of carbonyl (C=O) groups is 1. The molecule has 100 valence electrons. The van der Waals surface area contributed by atoms with Gasteiger partial charge in [0.2, 0.25) is 5.91 Å². The van der Waals surface area contributed by atoms with Gasteiger partial charge in [-0.2, -0.15) is 5.26 Å². The zero-order valence-electron chi connectivity index (χ0n) is 11.3. The number of carbonyl (C=O) groups excluding carboxylic acids is 1. The van der Waals surface area contributed by atoms with Crippen molar-refractivity contribution in [3.8, 4) is 6.07 Å². The van der Waals surface area contributed by atoms with E-state index in [9.17, 15) is 4.79 Å². The first kappa shape index (κ1) is 13.8. The molecule has 3 heteroatoms. The SMILES string of the molecule is CC(C(=O)Nc1ccc(CC#N)cc1)c1ccccc1. The standard InChI is InChI=1S/C17H16N2O/c1-13(15-5-3-2-4-6-15)17(20)19-16-9-7-14(8-10-16)11-12-18/h2-10,13H,11H2,1H3,(H,19,20). The van der Waals surface area contributed by atoms with Crippen LogP contribution in [0.3, 0.4) is 0 Å². The zero-order valence-corrected chi connectivity index (χ0v) is 11.3. The summed E-state index contributed by atoms with van der Waals surface area (Å²) in [6.45, 7) is 1.88. The van der Waals surface area contributed by atoms with Crippen LogP contribution in [0, 0.1) is 11.3 Å². The molecule has 0 aliphatic rings. The lowest BCUT2D eigenvalue weighted by Crippen LogP contribution is -2.18. The molecule has 0 fully saturated rings. The fourth-order valence-corrected chi connectivity index (χ4v) is 1.94. The molecule has 0 aliphatic carbocycles. The van der Waals surface area contributed by atoms with Gasteiger partial charge in [-0.05, 0) is 30.2 Å². The lowest BCUT2D eigenvalue weighted by atomic mass is 10.0. The molecule has 0 bridgehead atoms. The number of benzene rings is 2. The third kappa shape index (κ3) is 3.46. The molecule has 2 aromatic rings. The third-order valence-corrected chi connectivity index (χ3v) is 3.20. The minimum atomic E-state index is -0.199. The van der Waals surface area contributed by atoms with Gasteiger partial charge in [-0.1, -0.05) is 42.5 Å². The Bertz CT molecular complexity index is 612. The summed E-state index contributed by atoms with van der Waals surface area (Å²) in [6.07, 6.45) is 0.384. The average molecular weight is 264 g/mol. The second-order valence-corrected chi connectivity index (χ2v) is 4.65. The van der Waals surface area contributed by atoms with Gasteiger partial charge in [0, 0.05) is 5.69 Å². The average Bonchev–Trinajstić information content (AvgIpc) is 2.49. The van der Waals surface area contributed by atoms with Crippen molar-refractivity contribution < 1.29 is 4.79 Å². The quantitative estimate of drug-likeness (QED) is 0.919. The van der Waals surface area contributed by atoms with Crippen molar-refractivity contribution in [2.45, 2.75) is 19.3 Å². The second kappa shape index (κ2) is 6.53. The maximum absolute atomic E-state index is 12.2. The Morgan fingerprint density at radius 3 is 2.40 bits per heavy atom. The van der Waals surface area contributed by atoms with Crippen molar-refractivity contribution in [3.05, 3.63) is 65.7 Å². The van der Waals surface area contributed by atoms with Gasteiger partial charge in [-0.25, -0.2) is 0 Å². The minimum absolute atomic E-state index is 0.0377. The molecule has 0 heterocycles. The van der Waals surface area contributed by atoms with Gasteiger partial charge < -0.3 is 5.32 Å². The van der Waals surface area contributed by atoms with Gasteiger partial charge in [0.15, 0.2) is 0 Å². The van der Waals surface area contributed by atoms with E-state index in [4.69, 9.17) is 5.26 Å². The van der Waals surface area contributed by atoms with Gasteiger partial charge in [0.25, 0.3) is 0 Å². The number of nitriles is 1. The van der Waals surface area contributed by atoms with Crippen LogP contribution in [0.5, 0.6) is 0 Å². The van der Waals surface area contributed by atoms with E-state index < -0.39 is 0 Å². The molecule has 1 amide bonds. The molecule has 1 atom stereocenters. The molecule has 0 saturated heterocycles. The highest BCUT2D eigenvalue weighted by Crippen LogP contribution is 2.18. The molecule has 0 spiro atoms.